The molecule has 0 aliphatic heterocycles. The molecule has 4 nitrogen and oxygen atoms in total. The first-order valence-electron chi connectivity index (χ1n) is 8.51. The van der Waals surface area contributed by atoms with Crippen LogP contribution in [0.4, 0.5) is 11.6 Å². The van der Waals surface area contributed by atoms with E-state index in [0.717, 1.165) is 43.3 Å². The van der Waals surface area contributed by atoms with Gasteiger partial charge in [-0.1, -0.05) is 26.7 Å². The molecule has 1 saturated carbocycles. The molecule has 118 valence electrons. The molecule has 0 atom stereocenters. The van der Waals surface area contributed by atoms with Crippen LogP contribution in [0.2, 0.25) is 0 Å². The molecule has 0 aromatic carbocycles. The van der Waals surface area contributed by atoms with Crippen molar-refractivity contribution in [3.8, 4) is 0 Å². The minimum atomic E-state index is 0.645. The monoisotopic (exact) mass is 290 g/mol. The van der Waals surface area contributed by atoms with Gasteiger partial charge in [-0.05, 0) is 32.6 Å². The van der Waals surface area contributed by atoms with E-state index in [2.05, 4.69) is 38.0 Å². The molecule has 1 aromatic rings. The van der Waals surface area contributed by atoms with Gasteiger partial charge in [0, 0.05) is 31.6 Å². The Hall–Kier alpha value is -1.32. The van der Waals surface area contributed by atoms with Gasteiger partial charge in [-0.2, -0.15) is 0 Å². The van der Waals surface area contributed by atoms with Crippen LogP contribution in [0.5, 0.6) is 0 Å². The molecule has 4 heteroatoms. The Morgan fingerprint density at radius 1 is 1.14 bits per heavy atom. The fraction of sp³-hybridized carbons (Fsp3) is 0.765. The van der Waals surface area contributed by atoms with E-state index in [-0.39, 0.29) is 0 Å². The molecule has 21 heavy (non-hydrogen) atoms. The average molecular weight is 290 g/mol. The maximum Gasteiger partial charge on any atom is 0.137 e. The van der Waals surface area contributed by atoms with Crippen molar-refractivity contribution < 1.29 is 0 Å². The quantitative estimate of drug-likeness (QED) is 0.826. The predicted octanol–water partition coefficient (Wildman–Crippen LogP) is 3.94. The summed E-state index contributed by atoms with van der Waals surface area (Å²) in [6.07, 6.45) is 8.43. The summed E-state index contributed by atoms with van der Waals surface area (Å²) in [6, 6.07) is 0.645. The second-order valence-corrected chi connectivity index (χ2v) is 6.16. The number of aromatic nitrogens is 2. The van der Waals surface area contributed by atoms with Crippen LogP contribution in [0, 0.1) is 6.92 Å². The first-order chi connectivity index (χ1) is 10.2. The van der Waals surface area contributed by atoms with Crippen LogP contribution in [0.3, 0.4) is 0 Å². The number of nitrogens with one attached hydrogen (secondary N) is 1. The van der Waals surface area contributed by atoms with E-state index >= 15 is 0 Å². The predicted molar refractivity (Wildman–Crippen MR) is 90.2 cm³/mol. The van der Waals surface area contributed by atoms with Crippen molar-refractivity contribution in [2.24, 2.45) is 0 Å². The van der Waals surface area contributed by atoms with E-state index in [4.69, 9.17) is 9.97 Å². The number of rotatable bonds is 7. The Bertz CT molecular complexity index is 452. The average Bonchev–Trinajstić information content (AvgIpc) is 3.01. The van der Waals surface area contributed by atoms with Crippen LogP contribution in [0.1, 0.15) is 63.8 Å². The second kappa shape index (κ2) is 7.62. The molecule has 1 aliphatic rings. The lowest BCUT2D eigenvalue weighted by molar-refractivity contribution is 0.641. The van der Waals surface area contributed by atoms with Gasteiger partial charge in [0.2, 0.25) is 0 Å². The normalized spacial score (nSPS) is 15.4. The zero-order valence-corrected chi connectivity index (χ0v) is 14.1. The third-order valence-corrected chi connectivity index (χ3v) is 4.39. The second-order valence-electron chi connectivity index (χ2n) is 6.16. The van der Waals surface area contributed by atoms with Crippen molar-refractivity contribution in [1.82, 2.24) is 9.97 Å². The van der Waals surface area contributed by atoms with E-state index < -0.39 is 0 Å². The van der Waals surface area contributed by atoms with Gasteiger partial charge in [-0.15, -0.1) is 0 Å². The fourth-order valence-electron chi connectivity index (χ4n) is 3.11. The summed E-state index contributed by atoms with van der Waals surface area (Å²) in [4.78, 5) is 12.0. The van der Waals surface area contributed by atoms with Crippen LogP contribution in [-0.4, -0.2) is 29.6 Å². The summed E-state index contributed by atoms with van der Waals surface area (Å²) >= 11 is 0. The Morgan fingerprint density at radius 3 is 2.48 bits per heavy atom. The summed E-state index contributed by atoms with van der Waals surface area (Å²) in [5.74, 6) is 3.12. The highest BCUT2D eigenvalue weighted by Crippen LogP contribution is 2.30. The van der Waals surface area contributed by atoms with Gasteiger partial charge >= 0.3 is 0 Å². The summed E-state index contributed by atoms with van der Waals surface area (Å²) in [7, 11) is 2.20. The molecule has 2 rings (SSSR count). The van der Waals surface area contributed by atoms with Gasteiger partial charge in [0.05, 0.1) is 0 Å². The Balaban J connectivity index is 2.30. The number of nitrogens with zero attached hydrogens (tertiary/aromatic N) is 3. The summed E-state index contributed by atoms with van der Waals surface area (Å²) in [6.45, 7) is 7.48. The van der Waals surface area contributed by atoms with E-state index in [0.29, 0.717) is 6.04 Å². The Labute approximate surface area is 129 Å². The zero-order chi connectivity index (χ0) is 15.2. The van der Waals surface area contributed by atoms with Gasteiger partial charge in [0.25, 0.3) is 0 Å². The van der Waals surface area contributed by atoms with Crippen LogP contribution >= 0.6 is 0 Å². The lowest BCUT2D eigenvalue weighted by Gasteiger charge is -2.28. The maximum absolute atomic E-state index is 4.85. The molecular formula is C17H30N4. The molecule has 1 heterocycles. The number of aryl methyl sites for hydroxylation is 1. The smallest absolute Gasteiger partial charge is 0.137 e. The Morgan fingerprint density at radius 2 is 1.86 bits per heavy atom. The van der Waals surface area contributed by atoms with E-state index in [9.17, 15) is 0 Å². The van der Waals surface area contributed by atoms with E-state index in [1.165, 1.54) is 31.2 Å². The van der Waals surface area contributed by atoms with Crippen molar-refractivity contribution in [3.05, 3.63) is 11.4 Å². The van der Waals surface area contributed by atoms with Gasteiger partial charge < -0.3 is 10.2 Å². The van der Waals surface area contributed by atoms with Crippen molar-refractivity contribution in [1.29, 1.82) is 0 Å². The highest BCUT2D eigenvalue weighted by Gasteiger charge is 2.23. The maximum atomic E-state index is 4.85. The SMILES string of the molecule is CCCNc1nc(CCC)nc(N(C)C2CCCC2)c1C. The molecule has 1 fully saturated rings. The number of hydrogen-bond donors (Lipinski definition) is 1. The molecular weight excluding hydrogens is 260 g/mol. The number of anilines is 2. The molecule has 1 aliphatic carbocycles. The van der Waals surface area contributed by atoms with Crippen molar-refractivity contribution >= 4 is 11.6 Å². The molecule has 0 saturated heterocycles. The third-order valence-electron chi connectivity index (χ3n) is 4.39. The lowest BCUT2D eigenvalue weighted by Crippen LogP contribution is -2.31. The zero-order valence-electron chi connectivity index (χ0n) is 14.1. The molecule has 0 radical (unpaired) electrons. The highest BCUT2D eigenvalue weighted by atomic mass is 15.2. The first kappa shape index (κ1) is 16.1. The topological polar surface area (TPSA) is 41.1 Å². The van der Waals surface area contributed by atoms with E-state index in [1.54, 1.807) is 0 Å². The van der Waals surface area contributed by atoms with E-state index in [1.807, 2.05) is 0 Å². The summed E-state index contributed by atoms with van der Waals surface area (Å²) in [5, 5.41) is 3.47. The van der Waals surface area contributed by atoms with Crippen LogP contribution < -0.4 is 10.2 Å². The molecule has 1 N–H and O–H groups in total. The fourth-order valence-corrected chi connectivity index (χ4v) is 3.11. The number of hydrogen-bond acceptors (Lipinski definition) is 4. The third kappa shape index (κ3) is 3.86. The minimum absolute atomic E-state index is 0.645. The van der Waals surface area contributed by atoms with Crippen LogP contribution in [0.15, 0.2) is 0 Å². The largest absolute Gasteiger partial charge is 0.370 e. The summed E-state index contributed by atoms with van der Waals surface area (Å²) < 4.78 is 0. The van der Waals surface area contributed by atoms with Crippen molar-refractivity contribution in [2.75, 3.05) is 23.8 Å². The standard InChI is InChI=1S/C17H30N4/c1-5-9-15-19-16(18-12-6-2)13(3)17(20-15)21(4)14-10-7-8-11-14/h14H,5-12H2,1-4H3,(H,18,19,20). The van der Waals surface area contributed by atoms with Gasteiger partial charge in [-0.3, -0.25) is 0 Å². The van der Waals surface area contributed by atoms with Crippen LogP contribution in [-0.2, 0) is 6.42 Å². The summed E-state index contributed by atoms with van der Waals surface area (Å²) in [5.41, 5.74) is 1.19. The molecule has 0 unspecified atom stereocenters. The van der Waals surface area contributed by atoms with Crippen molar-refractivity contribution in [2.45, 2.75) is 71.8 Å². The van der Waals surface area contributed by atoms with Gasteiger partial charge in [0.1, 0.15) is 17.5 Å². The lowest BCUT2D eigenvalue weighted by atomic mass is 10.2. The van der Waals surface area contributed by atoms with Gasteiger partial charge in [-0.25, -0.2) is 9.97 Å². The first-order valence-corrected chi connectivity index (χ1v) is 8.51. The highest BCUT2D eigenvalue weighted by molar-refractivity contribution is 5.59. The van der Waals surface area contributed by atoms with Gasteiger partial charge in [0.15, 0.2) is 0 Å². The molecule has 1 aromatic heterocycles. The molecule has 0 amide bonds. The van der Waals surface area contributed by atoms with Crippen LogP contribution in [0.25, 0.3) is 0 Å². The van der Waals surface area contributed by atoms with Crippen molar-refractivity contribution in [3.63, 3.8) is 0 Å². The minimum Gasteiger partial charge on any atom is -0.370 e. The molecule has 0 spiro atoms. The molecule has 0 bridgehead atoms. The Kier molecular flexibility index (Phi) is 5.83.